The summed E-state index contributed by atoms with van der Waals surface area (Å²) in [6, 6.07) is 3.70. The number of ether oxygens (including phenoxy) is 2. The molecular weight excluding hydrogens is 223 g/mol. The van der Waals surface area contributed by atoms with Gasteiger partial charge in [0, 0.05) is 11.6 Å². The van der Waals surface area contributed by atoms with Gasteiger partial charge in [-0.25, -0.2) is 4.39 Å². The average molecular weight is 233 g/mol. The van der Waals surface area contributed by atoms with E-state index in [-0.39, 0.29) is 11.9 Å². The molecule has 1 aliphatic rings. The highest BCUT2D eigenvalue weighted by Crippen LogP contribution is 2.29. The molecule has 1 fully saturated rings. The van der Waals surface area contributed by atoms with Gasteiger partial charge in [-0.3, -0.25) is 0 Å². The molecule has 0 spiro atoms. The fourth-order valence-electron chi connectivity index (χ4n) is 1.44. The van der Waals surface area contributed by atoms with Crippen LogP contribution in [0.1, 0.15) is 11.9 Å². The zero-order valence-corrected chi connectivity index (χ0v) is 8.58. The molecular formula is C10H10ClFO3. The lowest BCUT2D eigenvalue weighted by molar-refractivity contribution is -0.0570. The van der Waals surface area contributed by atoms with Gasteiger partial charge in [0.2, 0.25) is 0 Å². The van der Waals surface area contributed by atoms with Crippen LogP contribution in [0.5, 0.6) is 5.75 Å². The molecule has 1 saturated heterocycles. The van der Waals surface area contributed by atoms with Gasteiger partial charge in [0.15, 0.2) is 6.29 Å². The Balaban J connectivity index is 2.16. The van der Waals surface area contributed by atoms with Crippen molar-refractivity contribution in [1.29, 1.82) is 0 Å². The highest BCUT2D eigenvalue weighted by molar-refractivity contribution is 6.18. The maximum absolute atomic E-state index is 13.0. The van der Waals surface area contributed by atoms with Gasteiger partial charge in [0.25, 0.3) is 0 Å². The number of benzene rings is 1. The van der Waals surface area contributed by atoms with Crippen LogP contribution in [0.2, 0.25) is 0 Å². The van der Waals surface area contributed by atoms with Gasteiger partial charge < -0.3 is 14.6 Å². The van der Waals surface area contributed by atoms with Gasteiger partial charge in [-0.2, -0.15) is 0 Å². The summed E-state index contributed by atoms with van der Waals surface area (Å²) in [5.41, 5.74) is 0.458. The molecule has 1 aromatic carbocycles. The van der Waals surface area contributed by atoms with Crippen LogP contribution in [0.25, 0.3) is 0 Å². The Morgan fingerprint density at radius 2 is 2.27 bits per heavy atom. The third-order valence-corrected chi connectivity index (χ3v) is 2.44. The van der Waals surface area contributed by atoms with Crippen LogP contribution in [-0.2, 0) is 9.47 Å². The second-order valence-corrected chi connectivity index (χ2v) is 3.63. The van der Waals surface area contributed by atoms with Crippen molar-refractivity contribution in [3.63, 3.8) is 0 Å². The predicted molar refractivity (Wildman–Crippen MR) is 52.4 cm³/mol. The Morgan fingerprint density at radius 3 is 2.87 bits per heavy atom. The van der Waals surface area contributed by atoms with Gasteiger partial charge in [-0.1, -0.05) is 0 Å². The van der Waals surface area contributed by atoms with E-state index in [1.807, 2.05) is 0 Å². The van der Waals surface area contributed by atoms with E-state index in [1.165, 1.54) is 12.1 Å². The Morgan fingerprint density at radius 1 is 1.47 bits per heavy atom. The molecule has 1 N–H and O–H groups in total. The lowest BCUT2D eigenvalue weighted by Crippen LogP contribution is -2.10. The quantitative estimate of drug-likeness (QED) is 0.795. The molecule has 15 heavy (non-hydrogen) atoms. The van der Waals surface area contributed by atoms with Crippen molar-refractivity contribution in [2.45, 2.75) is 12.4 Å². The highest BCUT2D eigenvalue weighted by Gasteiger charge is 2.27. The summed E-state index contributed by atoms with van der Waals surface area (Å²) >= 11 is 5.59. The molecule has 5 heteroatoms. The van der Waals surface area contributed by atoms with Gasteiger partial charge in [0.05, 0.1) is 18.6 Å². The molecule has 1 aliphatic heterocycles. The fourth-order valence-corrected chi connectivity index (χ4v) is 1.60. The smallest absolute Gasteiger partial charge is 0.184 e. The zero-order valence-electron chi connectivity index (χ0n) is 7.82. The minimum atomic E-state index is -0.643. The summed E-state index contributed by atoms with van der Waals surface area (Å²) in [6.45, 7) is 0.380. The molecule has 0 amide bonds. The van der Waals surface area contributed by atoms with Crippen molar-refractivity contribution in [1.82, 2.24) is 0 Å². The third kappa shape index (κ3) is 2.40. The largest absolute Gasteiger partial charge is 0.508 e. The number of hydrogen-bond acceptors (Lipinski definition) is 3. The summed E-state index contributed by atoms with van der Waals surface area (Å²) in [6.07, 6.45) is -0.822. The van der Waals surface area contributed by atoms with Gasteiger partial charge in [-0.05, 0) is 12.1 Å². The molecule has 2 rings (SSSR count). The molecule has 0 aromatic heterocycles. The van der Waals surface area contributed by atoms with Gasteiger partial charge in [-0.15, -0.1) is 11.6 Å². The molecule has 82 valence electrons. The van der Waals surface area contributed by atoms with Crippen molar-refractivity contribution >= 4 is 11.6 Å². The van der Waals surface area contributed by atoms with Crippen molar-refractivity contribution in [3.05, 3.63) is 29.6 Å². The molecule has 2 atom stereocenters. The number of aromatic hydroxyl groups is 1. The first-order chi connectivity index (χ1) is 7.19. The number of alkyl halides is 1. The molecule has 1 heterocycles. The van der Waals surface area contributed by atoms with Crippen LogP contribution in [0.15, 0.2) is 18.2 Å². The number of halogens is 2. The molecule has 1 aromatic rings. The molecule has 0 bridgehead atoms. The first-order valence-electron chi connectivity index (χ1n) is 4.51. The van der Waals surface area contributed by atoms with E-state index in [9.17, 15) is 9.50 Å². The zero-order chi connectivity index (χ0) is 10.8. The van der Waals surface area contributed by atoms with E-state index in [4.69, 9.17) is 21.1 Å². The van der Waals surface area contributed by atoms with Crippen molar-refractivity contribution in [3.8, 4) is 5.75 Å². The maximum atomic E-state index is 13.0. The summed E-state index contributed by atoms with van der Waals surface area (Å²) in [4.78, 5) is 0. The second kappa shape index (κ2) is 4.35. The third-order valence-electron chi connectivity index (χ3n) is 2.10. The fraction of sp³-hybridized carbons (Fsp3) is 0.400. The van der Waals surface area contributed by atoms with Crippen LogP contribution in [0.3, 0.4) is 0 Å². The Labute approximate surface area is 91.4 Å². The first-order valence-corrected chi connectivity index (χ1v) is 5.05. The van der Waals surface area contributed by atoms with E-state index >= 15 is 0 Å². The van der Waals surface area contributed by atoms with E-state index in [2.05, 4.69) is 0 Å². The van der Waals surface area contributed by atoms with E-state index in [0.717, 1.165) is 6.07 Å². The SMILES string of the molecule is Oc1cc(F)cc(C2OCC(CCl)O2)c1. The summed E-state index contributed by atoms with van der Waals surface area (Å²) in [5, 5.41) is 9.20. The van der Waals surface area contributed by atoms with Crippen molar-refractivity contribution in [2.75, 3.05) is 12.5 Å². The number of rotatable bonds is 2. The normalized spacial score (nSPS) is 25.7. The lowest BCUT2D eigenvalue weighted by atomic mass is 10.2. The van der Waals surface area contributed by atoms with Gasteiger partial charge in [0.1, 0.15) is 11.6 Å². The van der Waals surface area contributed by atoms with Crippen molar-refractivity contribution < 1.29 is 19.0 Å². The molecule has 0 aliphatic carbocycles. The van der Waals surface area contributed by atoms with Crippen LogP contribution in [0.4, 0.5) is 4.39 Å². The number of phenols is 1. The average Bonchev–Trinajstić information content (AvgIpc) is 2.64. The van der Waals surface area contributed by atoms with Crippen LogP contribution in [-0.4, -0.2) is 23.7 Å². The van der Waals surface area contributed by atoms with Crippen LogP contribution >= 0.6 is 11.6 Å². The Bertz CT molecular complexity index is 338. The molecule has 0 saturated carbocycles. The lowest BCUT2D eigenvalue weighted by Gasteiger charge is -2.10. The van der Waals surface area contributed by atoms with E-state index in [0.29, 0.717) is 18.1 Å². The second-order valence-electron chi connectivity index (χ2n) is 3.32. The summed E-state index contributed by atoms with van der Waals surface area (Å²) in [7, 11) is 0. The number of hydrogen-bond donors (Lipinski definition) is 1. The molecule has 2 unspecified atom stereocenters. The molecule has 3 nitrogen and oxygen atoms in total. The van der Waals surface area contributed by atoms with Gasteiger partial charge >= 0.3 is 0 Å². The first kappa shape index (κ1) is 10.7. The van der Waals surface area contributed by atoms with E-state index < -0.39 is 12.1 Å². The predicted octanol–water partition coefficient (Wildman–Crippen LogP) is 2.18. The van der Waals surface area contributed by atoms with Crippen LogP contribution < -0.4 is 0 Å². The summed E-state index contributed by atoms with van der Waals surface area (Å²) in [5.74, 6) is -0.337. The summed E-state index contributed by atoms with van der Waals surface area (Å²) < 4.78 is 23.6. The Hall–Kier alpha value is -0.840. The minimum absolute atomic E-state index is 0.147. The standard InChI is InChI=1S/C10H10ClFO3/c11-4-9-5-14-10(15-9)6-1-7(12)3-8(13)2-6/h1-3,9-10,13H,4-5H2. The topological polar surface area (TPSA) is 38.7 Å². The van der Waals surface area contributed by atoms with Crippen LogP contribution in [0, 0.1) is 5.82 Å². The highest BCUT2D eigenvalue weighted by atomic mass is 35.5. The Kier molecular flexibility index (Phi) is 3.09. The monoisotopic (exact) mass is 232 g/mol. The van der Waals surface area contributed by atoms with Crippen molar-refractivity contribution in [2.24, 2.45) is 0 Å². The maximum Gasteiger partial charge on any atom is 0.184 e. The number of phenolic OH excluding ortho intramolecular Hbond substituents is 1. The minimum Gasteiger partial charge on any atom is -0.508 e. The molecule has 0 radical (unpaired) electrons. The van der Waals surface area contributed by atoms with E-state index in [1.54, 1.807) is 0 Å².